The molecule has 0 fully saturated rings. The summed E-state index contributed by atoms with van der Waals surface area (Å²) in [7, 11) is 1.43. The first-order chi connectivity index (χ1) is 13.0. The summed E-state index contributed by atoms with van der Waals surface area (Å²) < 4.78 is 6.08. The summed E-state index contributed by atoms with van der Waals surface area (Å²) in [6.07, 6.45) is 0. The number of anilines is 1. The Morgan fingerprint density at radius 2 is 1.81 bits per heavy atom. The van der Waals surface area contributed by atoms with Crippen molar-refractivity contribution in [2.24, 2.45) is 7.05 Å². The van der Waals surface area contributed by atoms with Crippen LogP contribution in [0.3, 0.4) is 0 Å². The molecule has 27 heavy (non-hydrogen) atoms. The zero-order valence-corrected chi connectivity index (χ0v) is 14.3. The zero-order chi connectivity index (χ0) is 19.4. The van der Waals surface area contributed by atoms with Crippen LogP contribution < -0.4 is 10.9 Å². The summed E-state index contributed by atoms with van der Waals surface area (Å²) in [6.45, 7) is -0.516. The van der Waals surface area contributed by atoms with Crippen LogP contribution in [-0.4, -0.2) is 28.3 Å². The summed E-state index contributed by atoms with van der Waals surface area (Å²) in [5.41, 5.74) is 0.562. The van der Waals surface area contributed by atoms with E-state index in [-0.39, 0.29) is 11.3 Å². The van der Waals surface area contributed by atoms with E-state index in [2.05, 4.69) is 10.4 Å². The number of hydrogen-bond acceptors (Lipinski definition) is 6. The van der Waals surface area contributed by atoms with Gasteiger partial charge in [-0.25, -0.2) is 9.48 Å². The van der Waals surface area contributed by atoms with Crippen LogP contribution in [-0.2, 0) is 16.6 Å². The summed E-state index contributed by atoms with van der Waals surface area (Å²) in [4.78, 5) is 36.4. The Balaban J connectivity index is 1.71. The van der Waals surface area contributed by atoms with Crippen LogP contribution in [0.15, 0.2) is 53.3 Å². The number of carbonyl (C=O) groups is 2. The Labute approximate surface area is 153 Å². The second-order valence-corrected chi connectivity index (χ2v) is 5.64. The van der Waals surface area contributed by atoms with Gasteiger partial charge in [-0.3, -0.25) is 9.59 Å². The molecule has 1 aromatic heterocycles. The maximum Gasteiger partial charge on any atom is 0.359 e. The lowest BCUT2D eigenvalue weighted by Crippen LogP contribution is -2.26. The van der Waals surface area contributed by atoms with Crippen molar-refractivity contribution in [3.63, 3.8) is 0 Å². The molecule has 3 aromatic rings. The normalized spacial score (nSPS) is 10.2. The lowest BCUT2D eigenvalue weighted by Gasteiger charge is -2.09. The van der Waals surface area contributed by atoms with Gasteiger partial charge in [-0.05, 0) is 30.3 Å². The van der Waals surface area contributed by atoms with E-state index in [1.807, 2.05) is 6.07 Å². The molecule has 8 nitrogen and oxygen atoms in total. The molecular weight excluding hydrogens is 348 g/mol. The highest BCUT2D eigenvalue weighted by molar-refractivity contribution is 6.03. The van der Waals surface area contributed by atoms with Gasteiger partial charge in [0.15, 0.2) is 12.3 Å². The highest BCUT2D eigenvalue weighted by atomic mass is 16.5. The van der Waals surface area contributed by atoms with Gasteiger partial charge in [-0.1, -0.05) is 18.2 Å². The molecule has 0 atom stereocenters. The van der Waals surface area contributed by atoms with Crippen molar-refractivity contribution in [3.05, 3.63) is 70.1 Å². The van der Waals surface area contributed by atoms with Gasteiger partial charge in [-0.15, -0.1) is 0 Å². The fraction of sp³-hybridized carbons (Fsp3) is 0.105. The van der Waals surface area contributed by atoms with Crippen LogP contribution >= 0.6 is 0 Å². The van der Waals surface area contributed by atoms with Crippen molar-refractivity contribution in [2.45, 2.75) is 0 Å². The Hall–Kier alpha value is -3.99. The van der Waals surface area contributed by atoms with E-state index in [1.165, 1.54) is 7.05 Å². The lowest BCUT2D eigenvalue weighted by molar-refractivity contribution is -0.119. The van der Waals surface area contributed by atoms with Crippen molar-refractivity contribution in [3.8, 4) is 6.07 Å². The van der Waals surface area contributed by atoms with Gasteiger partial charge in [0.1, 0.15) is 0 Å². The molecule has 0 saturated carbocycles. The number of ether oxygens (including phenoxy) is 1. The van der Waals surface area contributed by atoms with E-state index in [0.717, 1.165) is 4.68 Å². The van der Waals surface area contributed by atoms with Crippen molar-refractivity contribution in [1.82, 2.24) is 9.78 Å². The van der Waals surface area contributed by atoms with E-state index in [0.29, 0.717) is 22.0 Å². The second kappa shape index (κ2) is 7.49. The highest BCUT2D eigenvalue weighted by Crippen LogP contribution is 2.14. The highest BCUT2D eigenvalue weighted by Gasteiger charge is 2.18. The first kappa shape index (κ1) is 17.8. The molecule has 0 radical (unpaired) electrons. The third-order valence-electron chi connectivity index (χ3n) is 3.78. The first-order valence-electron chi connectivity index (χ1n) is 7.93. The summed E-state index contributed by atoms with van der Waals surface area (Å²) in [5, 5.41) is 16.0. The first-order valence-corrected chi connectivity index (χ1v) is 7.93. The number of carbonyl (C=O) groups excluding carboxylic acids is 2. The van der Waals surface area contributed by atoms with Crippen LogP contribution in [0.2, 0.25) is 0 Å². The molecular formula is C19H14N4O4. The number of aryl methyl sites for hydroxylation is 1. The van der Waals surface area contributed by atoms with Gasteiger partial charge in [0.25, 0.3) is 11.5 Å². The molecule has 8 heteroatoms. The van der Waals surface area contributed by atoms with Crippen molar-refractivity contribution in [2.75, 3.05) is 11.9 Å². The maximum absolute atomic E-state index is 12.3. The van der Waals surface area contributed by atoms with Gasteiger partial charge in [0, 0.05) is 18.1 Å². The minimum atomic E-state index is -0.809. The minimum absolute atomic E-state index is 0.0427. The molecule has 134 valence electrons. The number of nitriles is 1. The molecule has 1 amide bonds. The van der Waals surface area contributed by atoms with Gasteiger partial charge in [-0.2, -0.15) is 10.4 Å². The smallest absolute Gasteiger partial charge is 0.359 e. The SMILES string of the molecule is Cn1nc(C(=O)OCC(=O)Nc2ccc(C#N)cc2)c2ccccc2c1=O. The molecule has 0 aliphatic carbocycles. The fourth-order valence-corrected chi connectivity index (χ4v) is 2.48. The van der Waals surface area contributed by atoms with Crippen LogP contribution in [0.1, 0.15) is 16.1 Å². The molecule has 0 aliphatic rings. The van der Waals surface area contributed by atoms with Crippen molar-refractivity contribution in [1.29, 1.82) is 5.26 Å². The van der Waals surface area contributed by atoms with Gasteiger partial charge >= 0.3 is 5.97 Å². The van der Waals surface area contributed by atoms with Crippen LogP contribution in [0.4, 0.5) is 5.69 Å². The van der Waals surface area contributed by atoms with E-state index in [1.54, 1.807) is 48.5 Å². The number of benzene rings is 2. The number of hydrogen-bond donors (Lipinski definition) is 1. The summed E-state index contributed by atoms with van der Waals surface area (Å²) in [5.74, 6) is -1.35. The van der Waals surface area contributed by atoms with Crippen LogP contribution in [0.25, 0.3) is 10.8 Å². The number of aromatic nitrogens is 2. The van der Waals surface area contributed by atoms with E-state index in [4.69, 9.17) is 10.00 Å². The molecule has 0 saturated heterocycles. The predicted octanol–water partition coefficient (Wildman–Crippen LogP) is 1.60. The average molecular weight is 362 g/mol. The number of nitrogens with one attached hydrogen (secondary N) is 1. The van der Waals surface area contributed by atoms with Crippen molar-refractivity contribution < 1.29 is 14.3 Å². The summed E-state index contributed by atoms with van der Waals surface area (Å²) >= 11 is 0. The minimum Gasteiger partial charge on any atom is -0.451 e. The Kier molecular flexibility index (Phi) is 4.95. The van der Waals surface area contributed by atoms with E-state index >= 15 is 0 Å². The molecule has 3 rings (SSSR count). The largest absolute Gasteiger partial charge is 0.451 e. The lowest BCUT2D eigenvalue weighted by atomic mass is 10.1. The summed E-state index contributed by atoms with van der Waals surface area (Å²) in [6, 6.07) is 14.8. The third kappa shape index (κ3) is 3.82. The zero-order valence-electron chi connectivity index (χ0n) is 14.3. The molecule has 1 N–H and O–H groups in total. The fourth-order valence-electron chi connectivity index (χ4n) is 2.48. The molecule has 0 spiro atoms. The Morgan fingerprint density at radius 1 is 1.15 bits per heavy atom. The van der Waals surface area contributed by atoms with Crippen LogP contribution in [0, 0.1) is 11.3 Å². The number of esters is 1. The molecule has 0 unspecified atom stereocenters. The number of nitrogens with zero attached hydrogens (tertiary/aromatic N) is 3. The quantitative estimate of drug-likeness (QED) is 0.705. The standard InChI is InChI=1S/C19H14N4O4/c1-23-18(25)15-5-3-2-4-14(15)17(22-23)19(26)27-11-16(24)21-13-8-6-12(10-20)7-9-13/h2-9H,11H2,1H3,(H,21,24). The van der Waals surface area contributed by atoms with Gasteiger partial charge in [0.2, 0.25) is 0 Å². The average Bonchev–Trinajstić information content (AvgIpc) is 2.69. The second-order valence-electron chi connectivity index (χ2n) is 5.64. The molecule has 2 aromatic carbocycles. The number of fused-ring (bicyclic) bond motifs is 1. The molecule has 1 heterocycles. The van der Waals surface area contributed by atoms with Gasteiger partial charge in [0.05, 0.1) is 17.0 Å². The molecule has 0 aliphatic heterocycles. The van der Waals surface area contributed by atoms with E-state index in [9.17, 15) is 14.4 Å². The number of rotatable bonds is 4. The maximum atomic E-state index is 12.3. The molecule has 0 bridgehead atoms. The van der Waals surface area contributed by atoms with Crippen molar-refractivity contribution >= 4 is 28.3 Å². The predicted molar refractivity (Wildman–Crippen MR) is 97.1 cm³/mol. The topological polar surface area (TPSA) is 114 Å². The monoisotopic (exact) mass is 362 g/mol. The third-order valence-corrected chi connectivity index (χ3v) is 3.78. The van der Waals surface area contributed by atoms with Gasteiger partial charge < -0.3 is 10.1 Å². The Morgan fingerprint density at radius 3 is 2.48 bits per heavy atom. The Bertz CT molecular complexity index is 1130. The van der Waals surface area contributed by atoms with Crippen LogP contribution in [0.5, 0.6) is 0 Å². The number of amides is 1. The van der Waals surface area contributed by atoms with E-state index < -0.39 is 18.5 Å².